The number of halogens is 1. The normalized spacial score (nSPS) is 18.0. The first-order valence-corrected chi connectivity index (χ1v) is 9.41. The number of likely N-dealkylation sites (tertiary alicyclic amines) is 1. The van der Waals surface area contributed by atoms with Gasteiger partial charge in [-0.15, -0.1) is 0 Å². The maximum Gasteiger partial charge on any atom is 0.223 e. The van der Waals surface area contributed by atoms with Gasteiger partial charge in [0.15, 0.2) is 0 Å². The van der Waals surface area contributed by atoms with Gasteiger partial charge in [-0.2, -0.15) is 0 Å². The maximum atomic E-state index is 13.2. The number of unbranched alkanes of at least 4 members (excludes halogenated alkanes) is 4. The zero-order valence-electron chi connectivity index (χ0n) is 14.8. The lowest BCUT2D eigenvalue weighted by molar-refractivity contribution is -0.128. The molecule has 2 rings (SSSR count). The van der Waals surface area contributed by atoms with E-state index in [1.54, 1.807) is 12.1 Å². The summed E-state index contributed by atoms with van der Waals surface area (Å²) < 4.78 is 13.2. The molecule has 2 nitrogen and oxygen atoms in total. The highest BCUT2D eigenvalue weighted by Gasteiger charge is 2.28. The molecule has 1 amide bonds. The molecule has 0 saturated carbocycles. The molecule has 0 bridgehead atoms. The van der Waals surface area contributed by atoms with Crippen molar-refractivity contribution < 1.29 is 9.18 Å². The predicted octanol–water partition coefficient (Wildman–Crippen LogP) is 5.28. The van der Waals surface area contributed by atoms with Crippen LogP contribution in [-0.4, -0.2) is 23.4 Å². The van der Waals surface area contributed by atoms with Gasteiger partial charge in [-0.25, -0.2) is 4.39 Å². The third-order valence-electron chi connectivity index (χ3n) is 4.72. The molecule has 0 spiro atoms. The SMILES string of the molecule is CCCCCCCN1C(=O)CCC1/C=C/CCc1cccc(F)c1. The Bertz CT molecular complexity index is 540. The summed E-state index contributed by atoms with van der Waals surface area (Å²) in [6, 6.07) is 7.04. The van der Waals surface area contributed by atoms with Crippen LogP contribution in [0.15, 0.2) is 36.4 Å². The van der Waals surface area contributed by atoms with Gasteiger partial charge in [0.2, 0.25) is 5.91 Å². The molecule has 1 saturated heterocycles. The number of allylic oxidation sites excluding steroid dienone is 1. The van der Waals surface area contributed by atoms with E-state index in [9.17, 15) is 9.18 Å². The largest absolute Gasteiger partial charge is 0.336 e. The molecule has 3 heteroatoms. The molecular formula is C21H30FNO. The minimum absolute atomic E-state index is 0.174. The standard InChI is InChI=1S/C21H30FNO/c1-2-3-4-5-8-16-23-20(14-15-21(23)24)13-7-6-10-18-11-9-12-19(22)17-18/h7,9,11-13,17,20H,2-6,8,10,14-16H2,1H3/b13-7+. The van der Waals surface area contributed by atoms with E-state index in [1.807, 2.05) is 11.0 Å². The van der Waals surface area contributed by atoms with E-state index in [-0.39, 0.29) is 11.9 Å². The minimum atomic E-state index is -0.174. The summed E-state index contributed by atoms with van der Waals surface area (Å²) in [5.74, 6) is 0.123. The monoisotopic (exact) mass is 331 g/mol. The van der Waals surface area contributed by atoms with Crippen molar-refractivity contribution in [2.24, 2.45) is 0 Å². The van der Waals surface area contributed by atoms with Crippen molar-refractivity contribution >= 4 is 5.91 Å². The average molecular weight is 331 g/mol. The highest BCUT2D eigenvalue weighted by atomic mass is 19.1. The van der Waals surface area contributed by atoms with Crippen LogP contribution in [0.5, 0.6) is 0 Å². The van der Waals surface area contributed by atoms with Crippen molar-refractivity contribution in [1.29, 1.82) is 0 Å². The van der Waals surface area contributed by atoms with Gasteiger partial charge >= 0.3 is 0 Å². The molecule has 1 fully saturated rings. The molecule has 24 heavy (non-hydrogen) atoms. The molecule has 1 aliphatic rings. The fourth-order valence-corrected chi connectivity index (χ4v) is 3.33. The molecule has 1 heterocycles. The Kier molecular flexibility index (Phi) is 8.00. The molecule has 1 unspecified atom stereocenters. The fraction of sp³-hybridized carbons (Fsp3) is 0.571. The molecule has 1 aliphatic heterocycles. The number of benzene rings is 1. The Hall–Kier alpha value is -1.64. The Morgan fingerprint density at radius 1 is 1.25 bits per heavy atom. The van der Waals surface area contributed by atoms with E-state index in [1.165, 1.54) is 31.7 Å². The zero-order chi connectivity index (χ0) is 17.2. The summed E-state index contributed by atoms with van der Waals surface area (Å²) in [5, 5.41) is 0. The van der Waals surface area contributed by atoms with Crippen molar-refractivity contribution in [2.45, 2.75) is 70.8 Å². The van der Waals surface area contributed by atoms with Crippen LogP contribution in [0, 0.1) is 5.82 Å². The second kappa shape index (κ2) is 10.3. The maximum absolute atomic E-state index is 13.2. The van der Waals surface area contributed by atoms with Crippen LogP contribution in [-0.2, 0) is 11.2 Å². The number of amides is 1. The number of aryl methyl sites for hydroxylation is 1. The molecule has 132 valence electrons. The van der Waals surface area contributed by atoms with E-state index in [4.69, 9.17) is 0 Å². The summed E-state index contributed by atoms with van der Waals surface area (Å²) >= 11 is 0. The first kappa shape index (κ1) is 18.7. The second-order valence-corrected chi connectivity index (χ2v) is 6.70. The van der Waals surface area contributed by atoms with Gasteiger partial charge in [0.1, 0.15) is 5.82 Å². The summed E-state index contributed by atoms with van der Waals surface area (Å²) in [6.45, 7) is 3.11. The number of carbonyl (C=O) groups excluding carboxylic acids is 1. The molecule has 0 aromatic heterocycles. The topological polar surface area (TPSA) is 20.3 Å². The van der Waals surface area contributed by atoms with E-state index >= 15 is 0 Å². The molecule has 0 aliphatic carbocycles. The summed E-state index contributed by atoms with van der Waals surface area (Å²) in [5.41, 5.74) is 1.02. The molecule has 1 aromatic rings. The Morgan fingerprint density at radius 3 is 2.88 bits per heavy atom. The van der Waals surface area contributed by atoms with Gasteiger partial charge < -0.3 is 4.90 Å². The summed E-state index contributed by atoms with van der Waals surface area (Å²) in [4.78, 5) is 14.1. The molecular weight excluding hydrogens is 301 g/mol. The summed E-state index contributed by atoms with van der Waals surface area (Å²) in [7, 11) is 0. The van der Waals surface area contributed by atoms with Crippen LogP contribution in [0.25, 0.3) is 0 Å². The fourth-order valence-electron chi connectivity index (χ4n) is 3.33. The van der Waals surface area contributed by atoms with Gasteiger partial charge in [-0.1, -0.05) is 56.9 Å². The highest BCUT2D eigenvalue weighted by molar-refractivity contribution is 5.79. The summed E-state index contributed by atoms with van der Waals surface area (Å²) in [6.07, 6.45) is 13.8. The van der Waals surface area contributed by atoms with Gasteiger partial charge in [0.25, 0.3) is 0 Å². The van der Waals surface area contributed by atoms with Gasteiger partial charge in [-0.05, 0) is 43.4 Å². The Balaban J connectivity index is 1.74. The van der Waals surface area contributed by atoms with Crippen molar-refractivity contribution in [3.63, 3.8) is 0 Å². The van der Waals surface area contributed by atoms with E-state index in [0.717, 1.165) is 37.8 Å². The van der Waals surface area contributed by atoms with Crippen molar-refractivity contribution in [3.05, 3.63) is 47.8 Å². The first-order valence-electron chi connectivity index (χ1n) is 9.41. The van der Waals surface area contributed by atoms with E-state index < -0.39 is 0 Å². The molecule has 0 radical (unpaired) electrons. The predicted molar refractivity (Wildman–Crippen MR) is 97.4 cm³/mol. The van der Waals surface area contributed by atoms with Gasteiger partial charge in [0, 0.05) is 13.0 Å². The van der Waals surface area contributed by atoms with Crippen LogP contribution >= 0.6 is 0 Å². The third-order valence-corrected chi connectivity index (χ3v) is 4.72. The van der Waals surface area contributed by atoms with Crippen LogP contribution < -0.4 is 0 Å². The number of rotatable bonds is 10. The van der Waals surface area contributed by atoms with Crippen LogP contribution in [0.2, 0.25) is 0 Å². The number of hydrogen-bond acceptors (Lipinski definition) is 1. The average Bonchev–Trinajstić information content (AvgIpc) is 2.92. The van der Waals surface area contributed by atoms with Gasteiger partial charge in [0.05, 0.1) is 6.04 Å². The smallest absolute Gasteiger partial charge is 0.223 e. The van der Waals surface area contributed by atoms with Crippen LogP contribution in [0.4, 0.5) is 4.39 Å². The van der Waals surface area contributed by atoms with Crippen molar-refractivity contribution in [1.82, 2.24) is 4.90 Å². The second-order valence-electron chi connectivity index (χ2n) is 6.70. The van der Waals surface area contributed by atoms with E-state index in [0.29, 0.717) is 12.3 Å². The number of hydrogen-bond donors (Lipinski definition) is 0. The zero-order valence-corrected chi connectivity index (χ0v) is 14.8. The Morgan fingerprint density at radius 2 is 2.08 bits per heavy atom. The van der Waals surface area contributed by atoms with Crippen LogP contribution in [0.1, 0.15) is 63.9 Å². The Labute approximate surface area is 145 Å². The molecule has 0 N–H and O–H groups in total. The van der Waals surface area contributed by atoms with Crippen molar-refractivity contribution in [2.75, 3.05) is 6.54 Å². The molecule has 1 aromatic carbocycles. The quantitative estimate of drug-likeness (QED) is 0.422. The molecule has 1 atom stereocenters. The lowest BCUT2D eigenvalue weighted by Gasteiger charge is -2.22. The highest BCUT2D eigenvalue weighted by Crippen LogP contribution is 2.21. The first-order chi connectivity index (χ1) is 11.7. The minimum Gasteiger partial charge on any atom is -0.336 e. The van der Waals surface area contributed by atoms with Gasteiger partial charge in [-0.3, -0.25) is 4.79 Å². The lowest BCUT2D eigenvalue weighted by atomic mass is 10.1. The lowest BCUT2D eigenvalue weighted by Crippen LogP contribution is -2.32. The van der Waals surface area contributed by atoms with E-state index in [2.05, 4.69) is 19.1 Å². The van der Waals surface area contributed by atoms with Crippen molar-refractivity contribution in [3.8, 4) is 0 Å². The number of nitrogens with zero attached hydrogens (tertiary/aromatic N) is 1. The van der Waals surface area contributed by atoms with Crippen LogP contribution in [0.3, 0.4) is 0 Å². The third kappa shape index (κ3) is 6.10. The number of carbonyl (C=O) groups is 1.